The van der Waals surface area contributed by atoms with Gasteiger partial charge in [0.05, 0.1) is 0 Å². The zero-order valence-corrected chi connectivity index (χ0v) is 18.0. The average molecular weight is 413 g/mol. The molecule has 0 aliphatic carbocycles. The van der Waals surface area contributed by atoms with Crippen LogP contribution in [0, 0.1) is 0 Å². The van der Waals surface area contributed by atoms with Gasteiger partial charge in [-0.1, -0.05) is 48.9 Å². The molecule has 1 atom stereocenters. The molecule has 0 saturated heterocycles. The molecule has 27 heavy (non-hydrogen) atoms. The molecule has 0 saturated carbocycles. The van der Waals surface area contributed by atoms with E-state index in [9.17, 15) is 4.79 Å². The van der Waals surface area contributed by atoms with Crippen molar-refractivity contribution in [2.75, 3.05) is 19.0 Å². The predicted octanol–water partition coefficient (Wildman–Crippen LogP) is 5.83. The van der Waals surface area contributed by atoms with Crippen LogP contribution in [0.4, 0.5) is 0 Å². The molecule has 6 heteroatoms. The van der Waals surface area contributed by atoms with Crippen molar-refractivity contribution in [3.63, 3.8) is 0 Å². The molecule has 0 spiro atoms. The molecule has 0 aromatic heterocycles. The second-order valence-electron chi connectivity index (χ2n) is 5.96. The highest BCUT2D eigenvalue weighted by Crippen LogP contribution is 2.25. The van der Waals surface area contributed by atoms with E-state index in [1.165, 1.54) is 4.90 Å². The molecule has 1 rings (SSSR count). The Labute approximate surface area is 172 Å². The summed E-state index contributed by atoms with van der Waals surface area (Å²) in [6, 6.07) is 10.3. The first-order valence-corrected chi connectivity index (χ1v) is 11.5. The first kappa shape index (κ1) is 24.1. The van der Waals surface area contributed by atoms with E-state index in [0.717, 1.165) is 31.4 Å². The Bertz CT molecular complexity index is 516. The van der Waals surface area contributed by atoms with Gasteiger partial charge in [0.15, 0.2) is 6.29 Å². The zero-order chi connectivity index (χ0) is 19.7. The number of rotatable bonds is 16. The molecule has 0 amide bonds. The highest BCUT2D eigenvalue weighted by molar-refractivity contribution is 8.02. The molecule has 0 fully saturated rings. The van der Waals surface area contributed by atoms with Crippen LogP contribution in [0.25, 0.3) is 0 Å². The van der Waals surface area contributed by atoms with E-state index in [2.05, 4.69) is 23.6 Å². The van der Waals surface area contributed by atoms with Crippen molar-refractivity contribution >= 4 is 29.5 Å². The summed E-state index contributed by atoms with van der Waals surface area (Å²) in [5, 5.41) is 11.3. The first-order chi connectivity index (χ1) is 13.2. The van der Waals surface area contributed by atoms with E-state index < -0.39 is 5.97 Å². The minimum atomic E-state index is -0.712. The minimum Gasteiger partial charge on any atom is -0.481 e. The molecular formula is C21H32O4S2. The summed E-state index contributed by atoms with van der Waals surface area (Å²) in [7, 11) is 0. The predicted molar refractivity (Wildman–Crippen MR) is 115 cm³/mol. The number of aliphatic carboxylic acids is 1. The van der Waals surface area contributed by atoms with Crippen LogP contribution in [0.15, 0.2) is 46.7 Å². The number of hydrogen-bond donors (Lipinski definition) is 1. The van der Waals surface area contributed by atoms with E-state index in [-0.39, 0.29) is 12.7 Å². The van der Waals surface area contributed by atoms with E-state index >= 15 is 0 Å². The average Bonchev–Trinajstić information content (AvgIpc) is 2.66. The van der Waals surface area contributed by atoms with Gasteiger partial charge >= 0.3 is 5.97 Å². The molecule has 0 heterocycles. The number of carboxylic acid groups (broad SMARTS) is 1. The van der Waals surface area contributed by atoms with Gasteiger partial charge in [0.1, 0.15) is 0 Å². The Hall–Kier alpha value is -0.950. The van der Waals surface area contributed by atoms with Crippen LogP contribution in [-0.2, 0) is 14.3 Å². The van der Waals surface area contributed by atoms with E-state index in [1.807, 2.05) is 43.8 Å². The second kappa shape index (κ2) is 16.0. The fourth-order valence-electron chi connectivity index (χ4n) is 2.46. The molecule has 0 bridgehead atoms. The van der Waals surface area contributed by atoms with Crippen LogP contribution in [-0.4, -0.2) is 41.6 Å². The van der Waals surface area contributed by atoms with E-state index in [0.29, 0.717) is 18.5 Å². The molecule has 1 N–H and O–H groups in total. The Morgan fingerprint density at radius 2 is 1.81 bits per heavy atom. The number of hydrogen-bond acceptors (Lipinski definition) is 5. The first-order valence-electron chi connectivity index (χ1n) is 9.60. The van der Waals surface area contributed by atoms with Crippen molar-refractivity contribution in [3.8, 4) is 0 Å². The summed E-state index contributed by atoms with van der Waals surface area (Å²) in [6.45, 7) is 5.25. The maximum atomic E-state index is 10.6. The lowest BCUT2D eigenvalue weighted by Gasteiger charge is -2.19. The third kappa shape index (κ3) is 13.0. The van der Waals surface area contributed by atoms with Crippen LogP contribution in [0.1, 0.15) is 46.0 Å². The molecule has 4 nitrogen and oxygen atoms in total. The van der Waals surface area contributed by atoms with Gasteiger partial charge in [-0.3, -0.25) is 4.79 Å². The molecule has 0 radical (unpaired) electrons. The molecule has 1 aromatic carbocycles. The Balaban J connectivity index is 2.49. The number of unbranched alkanes of at least 4 members (excludes halogenated alkanes) is 2. The number of carboxylic acids is 1. The minimum absolute atomic E-state index is 0.172. The van der Waals surface area contributed by atoms with Gasteiger partial charge < -0.3 is 14.6 Å². The summed E-state index contributed by atoms with van der Waals surface area (Å²) >= 11 is 3.56. The highest BCUT2D eigenvalue weighted by Gasteiger charge is 2.13. The largest absolute Gasteiger partial charge is 0.481 e. The highest BCUT2D eigenvalue weighted by atomic mass is 32.2. The van der Waals surface area contributed by atoms with Crippen LogP contribution in [0.5, 0.6) is 0 Å². The normalized spacial score (nSPS) is 12.7. The number of benzene rings is 1. The van der Waals surface area contributed by atoms with Crippen LogP contribution < -0.4 is 0 Å². The summed E-state index contributed by atoms with van der Waals surface area (Å²) in [5.41, 5.74) is 0. The monoisotopic (exact) mass is 412 g/mol. The molecule has 0 aliphatic heterocycles. The van der Waals surface area contributed by atoms with Crippen LogP contribution in [0.3, 0.4) is 0 Å². The quantitative estimate of drug-likeness (QED) is 0.209. The lowest BCUT2D eigenvalue weighted by Crippen LogP contribution is -2.21. The third-order valence-electron chi connectivity index (χ3n) is 3.77. The van der Waals surface area contributed by atoms with Crippen molar-refractivity contribution in [1.29, 1.82) is 0 Å². The van der Waals surface area contributed by atoms with E-state index in [1.54, 1.807) is 11.8 Å². The maximum Gasteiger partial charge on any atom is 0.303 e. The van der Waals surface area contributed by atoms with Crippen molar-refractivity contribution in [2.45, 2.75) is 62.4 Å². The van der Waals surface area contributed by atoms with E-state index in [4.69, 9.17) is 14.6 Å². The fraction of sp³-hybridized carbons (Fsp3) is 0.571. The van der Waals surface area contributed by atoms with Gasteiger partial charge in [0, 0.05) is 35.5 Å². The van der Waals surface area contributed by atoms with Gasteiger partial charge in [-0.2, -0.15) is 0 Å². The summed E-state index contributed by atoms with van der Waals surface area (Å²) in [5.74, 6) is 0.0818. The van der Waals surface area contributed by atoms with Gasteiger partial charge in [0.25, 0.3) is 0 Å². The Kier molecular flexibility index (Phi) is 14.3. The van der Waals surface area contributed by atoms with Gasteiger partial charge in [-0.05, 0) is 44.2 Å². The Morgan fingerprint density at radius 3 is 2.44 bits per heavy atom. The smallest absolute Gasteiger partial charge is 0.303 e. The van der Waals surface area contributed by atoms with Crippen molar-refractivity contribution in [1.82, 2.24) is 0 Å². The van der Waals surface area contributed by atoms with Gasteiger partial charge in [0.2, 0.25) is 0 Å². The number of thioether (sulfide) groups is 2. The second-order valence-corrected chi connectivity index (χ2v) is 8.22. The van der Waals surface area contributed by atoms with Crippen LogP contribution >= 0.6 is 23.5 Å². The fourth-order valence-corrected chi connectivity index (χ4v) is 4.42. The molecule has 1 unspecified atom stereocenters. The van der Waals surface area contributed by atoms with Crippen molar-refractivity contribution in [3.05, 3.63) is 41.8 Å². The molecule has 0 aliphatic rings. The SMILES string of the molecule is CCOC(CSC(/C=C/Sc1ccccc1)CCCCCC(=O)O)OCC. The molecular weight excluding hydrogens is 380 g/mol. The standard InChI is InChI=1S/C21H32O4S2/c1-3-24-21(25-4-2)17-27-19(13-9-6-10-14-20(22)23)15-16-26-18-11-7-5-8-12-18/h5,7-8,11-12,15-16,19,21H,3-4,6,9-10,13-14,17H2,1-2H3,(H,22,23)/b16-15+. The summed E-state index contributed by atoms with van der Waals surface area (Å²) in [4.78, 5) is 11.8. The Morgan fingerprint density at radius 1 is 1.11 bits per heavy atom. The van der Waals surface area contributed by atoms with Gasteiger partial charge in [-0.15, -0.1) is 11.8 Å². The van der Waals surface area contributed by atoms with Gasteiger partial charge in [-0.25, -0.2) is 0 Å². The topological polar surface area (TPSA) is 55.8 Å². The van der Waals surface area contributed by atoms with Crippen molar-refractivity contribution in [2.24, 2.45) is 0 Å². The van der Waals surface area contributed by atoms with Crippen LogP contribution in [0.2, 0.25) is 0 Å². The molecule has 152 valence electrons. The number of carbonyl (C=O) groups is 1. The lowest BCUT2D eigenvalue weighted by molar-refractivity contribution is -0.137. The summed E-state index contributed by atoms with van der Waals surface area (Å²) < 4.78 is 11.3. The van der Waals surface area contributed by atoms with Crippen molar-refractivity contribution < 1.29 is 19.4 Å². The zero-order valence-electron chi connectivity index (χ0n) is 16.3. The summed E-state index contributed by atoms with van der Waals surface area (Å²) in [6.07, 6.45) is 6.08. The number of ether oxygens (including phenoxy) is 2. The third-order valence-corrected chi connectivity index (χ3v) is 5.89. The molecule has 1 aromatic rings. The maximum absolute atomic E-state index is 10.6. The lowest BCUT2D eigenvalue weighted by atomic mass is 10.1.